The van der Waals surface area contributed by atoms with Crippen LogP contribution in [0.5, 0.6) is 0 Å². The summed E-state index contributed by atoms with van der Waals surface area (Å²) in [5.41, 5.74) is 0.526. The van der Waals surface area contributed by atoms with Crippen LogP contribution in [0.4, 0.5) is 13.2 Å². The maximum atomic E-state index is 12.2. The Morgan fingerprint density at radius 3 is 2.35 bits per heavy atom. The third-order valence-electron chi connectivity index (χ3n) is 2.11. The van der Waals surface area contributed by atoms with Gasteiger partial charge in [0.05, 0.1) is 0 Å². The number of ketones is 1. The van der Waals surface area contributed by atoms with E-state index in [9.17, 15) is 22.8 Å². The van der Waals surface area contributed by atoms with Gasteiger partial charge in [-0.3, -0.25) is 9.59 Å². The topological polar surface area (TPSA) is 46.2 Å². The quantitative estimate of drug-likeness (QED) is 0.795. The number of alkyl halides is 3. The number of amides is 1. The summed E-state index contributed by atoms with van der Waals surface area (Å²) in [5.74, 6) is -1.98. The molecule has 91 valence electrons. The smallest absolute Gasteiger partial charge is 0.337 e. The van der Waals surface area contributed by atoms with Crippen LogP contribution in [0.3, 0.4) is 0 Å². The van der Waals surface area contributed by atoms with Crippen molar-refractivity contribution in [2.75, 3.05) is 0 Å². The average molecular weight is 244 g/mol. The molecule has 1 radical (unpaired) electrons. The summed E-state index contributed by atoms with van der Waals surface area (Å²) in [6.45, 7) is 0. The second-order valence-corrected chi connectivity index (χ2v) is 3.35. The number of hydrogen-bond donors (Lipinski definition) is 1. The van der Waals surface area contributed by atoms with Crippen LogP contribution in [-0.4, -0.2) is 24.4 Å². The first-order chi connectivity index (χ1) is 7.95. The molecule has 0 heterocycles. The summed E-state index contributed by atoms with van der Waals surface area (Å²) in [4.78, 5) is 21.1. The van der Waals surface area contributed by atoms with Gasteiger partial charge in [0, 0.05) is 6.42 Å². The van der Waals surface area contributed by atoms with Gasteiger partial charge in [0.25, 0.3) is 5.78 Å². The summed E-state index contributed by atoms with van der Waals surface area (Å²) < 4.78 is 36.6. The third kappa shape index (κ3) is 3.90. The van der Waals surface area contributed by atoms with Crippen LogP contribution in [0.2, 0.25) is 0 Å². The van der Waals surface area contributed by atoms with Crippen molar-refractivity contribution in [3.05, 3.63) is 35.9 Å². The van der Waals surface area contributed by atoms with Gasteiger partial charge in [-0.15, -0.1) is 0 Å². The number of hydrogen-bond acceptors (Lipinski definition) is 2. The van der Waals surface area contributed by atoms with Crippen molar-refractivity contribution in [2.24, 2.45) is 0 Å². The highest BCUT2D eigenvalue weighted by molar-refractivity contribution is 5.90. The molecule has 0 saturated heterocycles. The number of carbonyl (C=O) groups excluding carboxylic acids is 2. The van der Waals surface area contributed by atoms with Crippen molar-refractivity contribution in [3.8, 4) is 0 Å². The molecular weight excluding hydrogens is 235 g/mol. The fraction of sp³-hybridized carbons (Fsp3) is 0.273. The van der Waals surface area contributed by atoms with E-state index in [0.29, 0.717) is 5.56 Å². The molecule has 17 heavy (non-hydrogen) atoms. The molecule has 1 aromatic rings. The highest BCUT2D eigenvalue weighted by Gasteiger charge is 2.43. The zero-order chi connectivity index (χ0) is 12.9. The molecule has 1 N–H and O–H groups in total. The van der Waals surface area contributed by atoms with E-state index in [1.165, 1.54) is 0 Å². The van der Waals surface area contributed by atoms with Gasteiger partial charge in [0.2, 0.25) is 0 Å². The molecule has 6 heteroatoms. The standard InChI is InChI=1S/C11H9F3NO2/c12-11(13,14)10(17)9(15-7-16)6-8-4-2-1-3-5-8/h1-5,9H,6H2,(H,15,16). The lowest BCUT2D eigenvalue weighted by Crippen LogP contribution is -2.45. The largest absolute Gasteiger partial charge is 0.452 e. The number of nitrogens with one attached hydrogen (secondary N) is 1. The zero-order valence-electron chi connectivity index (χ0n) is 8.62. The van der Waals surface area contributed by atoms with Gasteiger partial charge in [0.1, 0.15) is 6.04 Å². The molecule has 1 atom stereocenters. The summed E-state index contributed by atoms with van der Waals surface area (Å²) >= 11 is 0. The first-order valence-electron chi connectivity index (χ1n) is 4.73. The Morgan fingerprint density at radius 1 is 1.29 bits per heavy atom. The fourth-order valence-corrected chi connectivity index (χ4v) is 1.33. The minimum atomic E-state index is -4.97. The normalized spacial score (nSPS) is 12.9. The molecule has 0 aliphatic rings. The summed E-state index contributed by atoms with van der Waals surface area (Å²) in [6, 6.07) is 6.48. The number of rotatable bonds is 5. The van der Waals surface area contributed by atoms with Crippen molar-refractivity contribution in [3.63, 3.8) is 0 Å². The maximum absolute atomic E-state index is 12.2. The van der Waals surface area contributed by atoms with Crippen molar-refractivity contribution >= 4 is 12.2 Å². The van der Waals surface area contributed by atoms with Crippen LogP contribution < -0.4 is 5.32 Å². The number of carbonyl (C=O) groups is 1. The van der Waals surface area contributed by atoms with E-state index >= 15 is 0 Å². The number of benzene rings is 1. The SMILES string of the molecule is O=[C]NC(Cc1ccccc1)C(=O)C(F)(F)F. The van der Waals surface area contributed by atoms with Crippen LogP contribution in [0.1, 0.15) is 5.56 Å². The van der Waals surface area contributed by atoms with Crippen LogP contribution in [0.15, 0.2) is 30.3 Å². The van der Waals surface area contributed by atoms with E-state index in [0.717, 1.165) is 6.41 Å². The highest BCUT2D eigenvalue weighted by atomic mass is 19.4. The summed E-state index contributed by atoms with van der Waals surface area (Å²) in [7, 11) is 0. The van der Waals surface area contributed by atoms with Crippen molar-refractivity contribution in [2.45, 2.75) is 18.6 Å². The molecule has 1 rings (SSSR count). The van der Waals surface area contributed by atoms with Crippen molar-refractivity contribution < 1.29 is 22.8 Å². The Balaban J connectivity index is 2.80. The molecule has 0 aliphatic heterocycles. The fourth-order valence-electron chi connectivity index (χ4n) is 1.33. The predicted molar refractivity (Wildman–Crippen MR) is 53.8 cm³/mol. The molecule has 0 saturated carbocycles. The lowest BCUT2D eigenvalue weighted by atomic mass is 10.0. The van der Waals surface area contributed by atoms with Crippen LogP contribution >= 0.6 is 0 Å². The number of Topliss-reactive ketones (excluding diaryl/α,β-unsaturated/α-hetero) is 1. The molecule has 1 aromatic carbocycles. The third-order valence-corrected chi connectivity index (χ3v) is 2.11. The molecule has 0 bridgehead atoms. The summed E-state index contributed by atoms with van der Waals surface area (Å²) in [5, 5.41) is 1.76. The molecule has 0 fully saturated rings. The van der Waals surface area contributed by atoms with Gasteiger partial charge >= 0.3 is 12.6 Å². The molecule has 0 aromatic heterocycles. The average Bonchev–Trinajstić information content (AvgIpc) is 2.28. The molecule has 1 amide bonds. The lowest BCUT2D eigenvalue weighted by molar-refractivity contribution is -0.172. The van der Waals surface area contributed by atoms with E-state index < -0.39 is 18.0 Å². The van der Waals surface area contributed by atoms with Gasteiger partial charge in [0.15, 0.2) is 0 Å². The van der Waals surface area contributed by atoms with Gasteiger partial charge in [-0.1, -0.05) is 30.3 Å². The zero-order valence-corrected chi connectivity index (χ0v) is 8.62. The molecule has 0 spiro atoms. The van der Waals surface area contributed by atoms with E-state index in [4.69, 9.17) is 0 Å². The first kappa shape index (κ1) is 13.2. The minimum absolute atomic E-state index is 0.214. The minimum Gasteiger partial charge on any atom is -0.337 e. The Labute approximate surface area is 95.6 Å². The Morgan fingerprint density at radius 2 is 1.88 bits per heavy atom. The van der Waals surface area contributed by atoms with Crippen LogP contribution in [0.25, 0.3) is 0 Å². The maximum Gasteiger partial charge on any atom is 0.452 e. The molecule has 3 nitrogen and oxygen atoms in total. The van der Waals surface area contributed by atoms with Crippen molar-refractivity contribution in [1.29, 1.82) is 0 Å². The molecule has 0 aliphatic carbocycles. The molecular formula is C11H9F3NO2. The monoisotopic (exact) mass is 244 g/mol. The lowest BCUT2D eigenvalue weighted by Gasteiger charge is -2.16. The van der Waals surface area contributed by atoms with Crippen LogP contribution in [-0.2, 0) is 16.0 Å². The van der Waals surface area contributed by atoms with Crippen LogP contribution in [0, 0.1) is 0 Å². The van der Waals surface area contributed by atoms with E-state index in [1.54, 1.807) is 35.6 Å². The second-order valence-electron chi connectivity index (χ2n) is 3.35. The van der Waals surface area contributed by atoms with Gasteiger partial charge < -0.3 is 5.32 Å². The van der Waals surface area contributed by atoms with Gasteiger partial charge in [-0.2, -0.15) is 13.2 Å². The van der Waals surface area contributed by atoms with Gasteiger partial charge in [-0.25, -0.2) is 0 Å². The first-order valence-corrected chi connectivity index (χ1v) is 4.73. The number of halogens is 3. The Kier molecular flexibility index (Phi) is 4.25. The predicted octanol–water partition coefficient (Wildman–Crippen LogP) is 1.39. The second kappa shape index (κ2) is 5.47. The van der Waals surface area contributed by atoms with E-state index in [-0.39, 0.29) is 6.42 Å². The van der Waals surface area contributed by atoms with Crippen molar-refractivity contribution in [1.82, 2.24) is 5.32 Å². The Bertz CT molecular complexity index is 389. The highest BCUT2D eigenvalue weighted by Crippen LogP contribution is 2.19. The van der Waals surface area contributed by atoms with E-state index in [1.807, 2.05) is 0 Å². The Hall–Kier alpha value is -1.85. The van der Waals surface area contributed by atoms with E-state index in [2.05, 4.69) is 0 Å². The summed E-state index contributed by atoms with van der Waals surface area (Å²) in [6.07, 6.45) is -4.06. The van der Waals surface area contributed by atoms with Gasteiger partial charge in [-0.05, 0) is 5.56 Å². The molecule has 1 unspecified atom stereocenters.